The zero-order valence-electron chi connectivity index (χ0n) is 17.4. The quantitative estimate of drug-likeness (QED) is 0.480. The molecule has 0 atom stereocenters. The zero-order chi connectivity index (χ0) is 20.8. The van der Waals surface area contributed by atoms with Crippen molar-refractivity contribution in [1.29, 1.82) is 0 Å². The molecule has 1 saturated heterocycles. The van der Waals surface area contributed by atoms with E-state index in [-0.39, 0.29) is 12.1 Å². The number of hydrogen-bond acceptors (Lipinski definition) is 2. The van der Waals surface area contributed by atoms with Gasteiger partial charge < -0.3 is 9.47 Å². The van der Waals surface area contributed by atoms with Crippen LogP contribution in [0.2, 0.25) is 0 Å². The van der Waals surface area contributed by atoms with E-state index in [2.05, 4.69) is 43.0 Å². The van der Waals surface area contributed by atoms with Gasteiger partial charge in [0.1, 0.15) is 5.82 Å². The average molecular weight is 403 g/mol. The molecule has 0 spiro atoms. The van der Waals surface area contributed by atoms with E-state index in [1.165, 1.54) is 30.5 Å². The first-order valence-corrected chi connectivity index (χ1v) is 10.7. The van der Waals surface area contributed by atoms with E-state index in [0.717, 1.165) is 48.0 Å². The third-order valence-corrected chi connectivity index (χ3v) is 5.51. The molecule has 0 saturated carbocycles. The van der Waals surface area contributed by atoms with Crippen molar-refractivity contribution < 1.29 is 13.9 Å². The second-order valence-electron chi connectivity index (χ2n) is 7.94. The van der Waals surface area contributed by atoms with E-state index in [9.17, 15) is 4.39 Å². The summed E-state index contributed by atoms with van der Waals surface area (Å²) in [6, 6.07) is 19.0. The number of fused-ring (bicyclic) bond motifs is 1. The molecule has 0 bridgehead atoms. The van der Waals surface area contributed by atoms with E-state index >= 15 is 0 Å². The van der Waals surface area contributed by atoms with Crippen molar-refractivity contribution in [2.75, 3.05) is 13.2 Å². The molecule has 0 unspecified atom stereocenters. The maximum absolute atomic E-state index is 13.3. The van der Waals surface area contributed by atoms with E-state index in [1.54, 1.807) is 6.07 Å². The highest BCUT2D eigenvalue weighted by Gasteiger charge is 2.21. The lowest BCUT2D eigenvalue weighted by molar-refractivity contribution is -0.203. The fraction of sp³-hybridized carbons (Fsp3) is 0.333. The second-order valence-corrected chi connectivity index (χ2v) is 7.94. The molecule has 1 heterocycles. The first kappa shape index (κ1) is 20.6. The number of ether oxygens (including phenoxy) is 2. The molecule has 154 valence electrons. The van der Waals surface area contributed by atoms with Crippen molar-refractivity contribution in [2.24, 2.45) is 5.92 Å². The Labute approximate surface area is 178 Å². The van der Waals surface area contributed by atoms with Crippen molar-refractivity contribution >= 4 is 10.8 Å². The fourth-order valence-electron chi connectivity index (χ4n) is 3.80. The summed E-state index contributed by atoms with van der Waals surface area (Å²) in [5.41, 5.74) is 3.16. The highest BCUT2D eigenvalue weighted by Crippen LogP contribution is 2.20. The third-order valence-electron chi connectivity index (χ3n) is 5.51. The van der Waals surface area contributed by atoms with Crippen LogP contribution in [-0.2, 0) is 15.9 Å². The Morgan fingerprint density at radius 2 is 1.50 bits per heavy atom. The largest absolute Gasteiger partial charge is 0.352 e. The predicted octanol–water partition coefficient (Wildman–Crippen LogP) is 6.10. The van der Waals surface area contributed by atoms with Crippen molar-refractivity contribution in [2.45, 2.75) is 38.9 Å². The van der Waals surface area contributed by atoms with Crippen molar-refractivity contribution in [3.63, 3.8) is 0 Å². The fourth-order valence-corrected chi connectivity index (χ4v) is 3.80. The number of aryl methyl sites for hydroxylation is 1. The molecule has 0 aliphatic carbocycles. The van der Waals surface area contributed by atoms with Crippen LogP contribution in [0.15, 0.2) is 60.7 Å². The number of hydrogen-bond donors (Lipinski definition) is 0. The first-order chi connectivity index (χ1) is 14.7. The first-order valence-electron chi connectivity index (χ1n) is 10.7. The van der Waals surface area contributed by atoms with Gasteiger partial charge in [-0.2, -0.15) is 0 Å². The normalized spacial score (nSPS) is 18.7. The van der Waals surface area contributed by atoms with Gasteiger partial charge in [0.15, 0.2) is 6.29 Å². The van der Waals surface area contributed by atoms with Gasteiger partial charge in [0.05, 0.1) is 13.2 Å². The van der Waals surface area contributed by atoms with Crippen molar-refractivity contribution in [3.8, 4) is 11.8 Å². The minimum atomic E-state index is -0.219. The van der Waals surface area contributed by atoms with E-state index in [1.807, 2.05) is 18.2 Å². The molecule has 0 amide bonds. The molecule has 0 N–H and O–H groups in total. The Kier molecular flexibility index (Phi) is 6.79. The Hall–Kier alpha value is -2.67. The van der Waals surface area contributed by atoms with Crippen LogP contribution in [0, 0.1) is 23.6 Å². The highest BCUT2D eigenvalue weighted by molar-refractivity contribution is 5.83. The van der Waals surface area contributed by atoms with Crippen molar-refractivity contribution in [3.05, 3.63) is 83.2 Å². The summed E-state index contributed by atoms with van der Waals surface area (Å²) in [5.74, 6) is 6.74. The van der Waals surface area contributed by atoms with Crippen LogP contribution in [0.1, 0.15) is 42.9 Å². The van der Waals surface area contributed by atoms with Gasteiger partial charge in [-0.1, -0.05) is 49.5 Å². The number of rotatable bonds is 5. The molecule has 0 aromatic heterocycles. The van der Waals surface area contributed by atoms with Gasteiger partial charge in [-0.05, 0) is 65.6 Å². The minimum absolute atomic E-state index is 0.0843. The van der Waals surface area contributed by atoms with Crippen LogP contribution >= 0.6 is 0 Å². The maximum Gasteiger partial charge on any atom is 0.157 e. The van der Waals surface area contributed by atoms with Gasteiger partial charge in [0.25, 0.3) is 0 Å². The summed E-state index contributed by atoms with van der Waals surface area (Å²) < 4.78 is 25.0. The lowest BCUT2D eigenvalue weighted by Crippen LogP contribution is -2.32. The minimum Gasteiger partial charge on any atom is -0.352 e. The Morgan fingerprint density at radius 1 is 0.833 bits per heavy atom. The van der Waals surface area contributed by atoms with Crippen LogP contribution in [0.4, 0.5) is 4.39 Å². The standard InChI is InChI=1S/C27H27FO2/c1-2-3-23-18-29-27(30-19-23)15-11-21-6-4-20(5-7-21)8-9-22-10-12-25-17-26(28)14-13-24(25)16-22/h4-7,10,12-14,16-17,23,27H,2-3,11,15,18-19H2,1H3. The molecule has 3 heteroatoms. The van der Waals surface area contributed by atoms with Crippen LogP contribution in [0.5, 0.6) is 0 Å². The molecule has 1 aliphatic heterocycles. The van der Waals surface area contributed by atoms with Crippen LogP contribution in [0.3, 0.4) is 0 Å². The van der Waals surface area contributed by atoms with E-state index < -0.39 is 0 Å². The van der Waals surface area contributed by atoms with Gasteiger partial charge in [-0.25, -0.2) is 4.39 Å². The van der Waals surface area contributed by atoms with Gasteiger partial charge in [-0.3, -0.25) is 0 Å². The van der Waals surface area contributed by atoms with Crippen LogP contribution < -0.4 is 0 Å². The summed E-state index contributed by atoms with van der Waals surface area (Å²) in [6.45, 7) is 3.83. The second kappa shape index (κ2) is 9.89. The molecule has 30 heavy (non-hydrogen) atoms. The monoisotopic (exact) mass is 402 g/mol. The van der Waals surface area contributed by atoms with Gasteiger partial charge in [0.2, 0.25) is 0 Å². The summed E-state index contributed by atoms with van der Waals surface area (Å²) in [6.07, 6.45) is 4.07. The molecular formula is C27H27FO2. The number of benzene rings is 3. The van der Waals surface area contributed by atoms with E-state index in [0.29, 0.717) is 5.92 Å². The summed E-state index contributed by atoms with van der Waals surface area (Å²) >= 11 is 0. The van der Waals surface area contributed by atoms with Crippen molar-refractivity contribution in [1.82, 2.24) is 0 Å². The van der Waals surface area contributed by atoms with Crippen LogP contribution in [-0.4, -0.2) is 19.5 Å². The predicted molar refractivity (Wildman–Crippen MR) is 119 cm³/mol. The summed E-state index contributed by atoms with van der Waals surface area (Å²) in [5, 5.41) is 1.88. The highest BCUT2D eigenvalue weighted by atomic mass is 19.1. The lowest BCUT2D eigenvalue weighted by Gasteiger charge is -2.29. The zero-order valence-corrected chi connectivity index (χ0v) is 17.4. The topological polar surface area (TPSA) is 18.5 Å². The molecule has 1 aliphatic rings. The van der Waals surface area contributed by atoms with Gasteiger partial charge in [0, 0.05) is 23.5 Å². The van der Waals surface area contributed by atoms with Gasteiger partial charge >= 0.3 is 0 Å². The maximum atomic E-state index is 13.3. The average Bonchev–Trinajstić information content (AvgIpc) is 2.78. The molecule has 3 aromatic rings. The smallest absolute Gasteiger partial charge is 0.157 e. The summed E-state index contributed by atoms with van der Waals surface area (Å²) in [4.78, 5) is 0. The van der Waals surface area contributed by atoms with Gasteiger partial charge in [-0.15, -0.1) is 0 Å². The Bertz CT molecular complexity index is 1040. The SMILES string of the molecule is CCCC1COC(CCc2ccc(C#Cc3ccc4cc(F)ccc4c3)cc2)OC1. The molecule has 2 nitrogen and oxygen atoms in total. The van der Waals surface area contributed by atoms with Crippen LogP contribution in [0.25, 0.3) is 10.8 Å². The molecule has 1 fully saturated rings. The summed E-state index contributed by atoms with van der Waals surface area (Å²) in [7, 11) is 0. The third kappa shape index (κ3) is 5.48. The van der Waals surface area contributed by atoms with E-state index in [4.69, 9.17) is 9.47 Å². The molecule has 0 radical (unpaired) electrons. The molecule has 4 rings (SSSR count). The Morgan fingerprint density at radius 3 is 2.27 bits per heavy atom. The lowest BCUT2D eigenvalue weighted by atomic mass is 10.0. The molecular weight excluding hydrogens is 375 g/mol. The Balaban J connectivity index is 1.32. The number of halogens is 1. The molecule has 3 aromatic carbocycles.